The fourth-order valence-electron chi connectivity index (χ4n) is 3.15. The first-order valence-electron chi connectivity index (χ1n) is 9.45. The summed E-state index contributed by atoms with van der Waals surface area (Å²) in [4.78, 5) is 26.8. The smallest absolute Gasteiger partial charge is 0.229 e. The van der Waals surface area contributed by atoms with Crippen LogP contribution in [0.2, 0.25) is 5.02 Å². The minimum Gasteiger partial charge on any atom is -0.328 e. The van der Waals surface area contributed by atoms with Crippen LogP contribution in [-0.4, -0.2) is 32.5 Å². The number of hydrogen-bond donors (Lipinski definition) is 1. The van der Waals surface area contributed by atoms with Crippen molar-refractivity contribution < 1.29 is 4.79 Å². The van der Waals surface area contributed by atoms with Gasteiger partial charge >= 0.3 is 0 Å². The van der Waals surface area contributed by atoms with Gasteiger partial charge in [-0.15, -0.1) is 0 Å². The summed E-state index contributed by atoms with van der Waals surface area (Å²) in [7, 11) is 1.70. The van der Waals surface area contributed by atoms with E-state index >= 15 is 0 Å². The molecule has 0 aliphatic rings. The molecule has 0 saturated carbocycles. The number of carbonyl (C=O) groups is 1. The molecule has 0 fully saturated rings. The number of fused-ring (bicyclic) bond motifs is 1. The normalized spacial score (nSPS) is 10.9. The number of aromatic nitrogens is 4. The van der Waals surface area contributed by atoms with E-state index in [1.54, 1.807) is 19.4 Å². The van der Waals surface area contributed by atoms with E-state index in [2.05, 4.69) is 20.3 Å². The Labute approximate surface area is 179 Å². The molecule has 0 saturated heterocycles. The number of anilines is 3. The molecule has 1 aromatic carbocycles. The molecule has 152 valence electrons. The second kappa shape index (κ2) is 8.12. The molecular formula is C22H21ClN6O. The number of amides is 1. The maximum atomic E-state index is 11.9. The summed E-state index contributed by atoms with van der Waals surface area (Å²) in [6.45, 7) is 4.01. The standard InChI is InChI=1S/C22H21ClN6O/c1-14-4-6-19(7-5-14)26-22-25-11-16-8-9-29(21(16)27-22)13-17-10-18(23)12-24-20(17)28(3)15(2)30/h4-12H,13H2,1-3H3,(H,25,26,27). The van der Waals surface area contributed by atoms with Crippen molar-refractivity contribution in [2.45, 2.75) is 20.4 Å². The van der Waals surface area contributed by atoms with Crippen molar-refractivity contribution in [3.63, 3.8) is 0 Å². The summed E-state index contributed by atoms with van der Waals surface area (Å²) in [5, 5.41) is 4.67. The molecule has 0 unspecified atom stereocenters. The SMILES string of the molecule is CC(=O)N(C)c1ncc(Cl)cc1Cn1ccc2cnc(Nc3ccc(C)cc3)nc21. The second-order valence-electron chi connectivity index (χ2n) is 7.12. The van der Waals surface area contributed by atoms with Gasteiger partial charge in [-0.2, -0.15) is 4.98 Å². The molecule has 4 rings (SSSR count). The molecule has 0 radical (unpaired) electrons. The molecule has 0 aliphatic heterocycles. The maximum absolute atomic E-state index is 11.9. The van der Waals surface area contributed by atoms with Crippen LogP contribution in [0.15, 0.2) is 55.0 Å². The largest absolute Gasteiger partial charge is 0.328 e. The van der Waals surface area contributed by atoms with Crippen LogP contribution >= 0.6 is 11.6 Å². The van der Waals surface area contributed by atoms with E-state index < -0.39 is 0 Å². The predicted molar refractivity (Wildman–Crippen MR) is 119 cm³/mol. The lowest BCUT2D eigenvalue weighted by molar-refractivity contribution is -0.116. The Hall–Kier alpha value is -3.45. The van der Waals surface area contributed by atoms with Crippen LogP contribution in [-0.2, 0) is 11.3 Å². The van der Waals surface area contributed by atoms with Gasteiger partial charge in [-0.05, 0) is 31.2 Å². The number of rotatable bonds is 5. The van der Waals surface area contributed by atoms with Crippen LogP contribution in [0.4, 0.5) is 17.5 Å². The van der Waals surface area contributed by atoms with Gasteiger partial charge in [0.15, 0.2) is 0 Å². The van der Waals surface area contributed by atoms with Gasteiger partial charge in [0.05, 0.1) is 11.6 Å². The van der Waals surface area contributed by atoms with Gasteiger partial charge in [0.2, 0.25) is 11.9 Å². The lowest BCUT2D eigenvalue weighted by Crippen LogP contribution is -2.25. The molecule has 3 heterocycles. The van der Waals surface area contributed by atoms with E-state index in [0.29, 0.717) is 23.3 Å². The molecule has 0 spiro atoms. The molecule has 1 N–H and O–H groups in total. The van der Waals surface area contributed by atoms with Crippen LogP contribution in [0.5, 0.6) is 0 Å². The first kappa shape index (κ1) is 19.8. The Morgan fingerprint density at radius 3 is 2.67 bits per heavy atom. The third-order valence-electron chi connectivity index (χ3n) is 4.85. The monoisotopic (exact) mass is 420 g/mol. The molecule has 30 heavy (non-hydrogen) atoms. The first-order chi connectivity index (χ1) is 14.4. The van der Waals surface area contributed by atoms with Crippen molar-refractivity contribution in [3.05, 3.63) is 71.1 Å². The van der Waals surface area contributed by atoms with E-state index in [1.165, 1.54) is 17.4 Å². The lowest BCUT2D eigenvalue weighted by Gasteiger charge is -2.18. The summed E-state index contributed by atoms with van der Waals surface area (Å²) in [5.41, 5.74) is 3.70. The zero-order valence-corrected chi connectivity index (χ0v) is 17.7. The van der Waals surface area contributed by atoms with Crippen molar-refractivity contribution in [2.75, 3.05) is 17.3 Å². The zero-order chi connectivity index (χ0) is 21.3. The molecule has 1 amide bonds. The van der Waals surface area contributed by atoms with Crippen LogP contribution in [0.25, 0.3) is 11.0 Å². The summed E-state index contributed by atoms with van der Waals surface area (Å²) in [6, 6.07) is 11.8. The summed E-state index contributed by atoms with van der Waals surface area (Å²) < 4.78 is 1.99. The second-order valence-corrected chi connectivity index (χ2v) is 7.56. The van der Waals surface area contributed by atoms with Gasteiger partial charge in [-0.3, -0.25) is 9.69 Å². The fourth-order valence-corrected chi connectivity index (χ4v) is 3.33. The van der Waals surface area contributed by atoms with Gasteiger partial charge < -0.3 is 9.88 Å². The lowest BCUT2D eigenvalue weighted by atomic mass is 10.2. The van der Waals surface area contributed by atoms with E-state index in [-0.39, 0.29) is 5.91 Å². The van der Waals surface area contributed by atoms with E-state index in [1.807, 2.05) is 54.1 Å². The van der Waals surface area contributed by atoms with E-state index in [0.717, 1.165) is 22.3 Å². The predicted octanol–water partition coefficient (Wildman–Crippen LogP) is 4.56. The van der Waals surface area contributed by atoms with Gasteiger partial charge in [-0.1, -0.05) is 29.3 Å². The van der Waals surface area contributed by atoms with Crippen molar-refractivity contribution in [1.29, 1.82) is 0 Å². The number of nitrogens with one attached hydrogen (secondary N) is 1. The quantitative estimate of drug-likeness (QED) is 0.512. The molecule has 0 bridgehead atoms. The third kappa shape index (κ3) is 4.11. The Morgan fingerprint density at radius 2 is 1.93 bits per heavy atom. The highest BCUT2D eigenvalue weighted by molar-refractivity contribution is 6.30. The molecule has 0 aliphatic carbocycles. The third-order valence-corrected chi connectivity index (χ3v) is 5.06. The molecule has 4 aromatic rings. The van der Waals surface area contributed by atoms with Gasteiger partial charge in [0, 0.05) is 49.2 Å². The van der Waals surface area contributed by atoms with Crippen molar-refractivity contribution in [2.24, 2.45) is 0 Å². The van der Waals surface area contributed by atoms with E-state index in [4.69, 9.17) is 11.6 Å². The Kier molecular flexibility index (Phi) is 5.37. The molecule has 3 aromatic heterocycles. The highest BCUT2D eigenvalue weighted by Crippen LogP contribution is 2.24. The van der Waals surface area contributed by atoms with Crippen LogP contribution in [0.3, 0.4) is 0 Å². The Balaban J connectivity index is 1.68. The van der Waals surface area contributed by atoms with Gasteiger partial charge in [0.25, 0.3) is 0 Å². The number of benzene rings is 1. The number of hydrogen-bond acceptors (Lipinski definition) is 5. The number of carbonyl (C=O) groups excluding carboxylic acids is 1. The average Bonchev–Trinajstić information content (AvgIpc) is 3.11. The number of pyridine rings is 1. The topological polar surface area (TPSA) is 75.9 Å². The number of halogens is 1. The van der Waals surface area contributed by atoms with Crippen LogP contribution in [0, 0.1) is 6.92 Å². The Bertz CT molecular complexity index is 1220. The van der Waals surface area contributed by atoms with Crippen LogP contribution < -0.4 is 10.2 Å². The zero-order valence-electron chi connectivity index (χ0n) is 16.9. The van der Waals surface area contributed by atoms with E-state index in [9.17, 15) is 4.79 Å². The molecular weight excluding hydrogens is 400 g/mol. The maximum Gasteiger partial charge on any atom is 0.229 e. The number of aryl methyl sites for hydroxylation is 1. The minimum absolute atomic E-state index is 0.102. The van der Waals surface area contributed by atoms with Crippen LogP contribution in [0.1, 0.15) is 18.1 Å². The van der Waals surface area contributed by atoms with Crippen molar-refractivity contribution in [3.8, 4) is 0 Å². The molecule has 7 nitrogen and oxygen atoms in total. The summed E-state index contributed by atoms with van der Waals surface area (Å²) in [5.74, 6) is 0.979. The summed E-state index contributed by atoms with van der Waals surface area (Å²) >= 11 is 6.18. The van der Waals surface area contributed by atoms with Crippen molar-refractivity contribution in [1.82, 2.24) is 19.5 Å². The molecule has 8 heteroatoms. The number of nitrogens with zero attached hydrogens (tertiary/aromatic N) is 5. The fraction of sp³-hybridized carbons (Fsp3) is 0.182. The highest BCUT2D eigenvalue weighted by Gasteiger charge is 2.15. The average molecular weight is 421 g/mol. The first-order valence-corrected chi connectivity index (χ1v) is 9.83. The Morgan fingerprint density at radius 1 is 1.17 bits per heavy atom. The summed E-state index contributed by atoms with van der Waals surface area (Å²) in [6.07, 6.45) is 5.26. The molecule has 0 atom stereocenters. The minimum atomic E-state index is -0.102. The van der Waals surface area contributed by atoms with Crippen molar-refractivity contribution >= 4 is 46.0 Å². The van der Waals surface area contributed by atoms with Gasteiger partial charge in [-0.25, -0.2) is 9.97 Å². The highest BCUT2D eigenvalue weighted by atomic mass is 35.5. The van der Waals surface area contributed by atoms with Gasteiger partial charge in [0.1, 0.15) is 11.5 Å².